The number of aryl methyl sites for hydroxylation is 3. The van der Waals surface area contributed by atoms with Gasteiger partial charge in [-0.25, -0.2) is 4.98 Å². The Bertz CT molecular complexity index is 1140. The maximum Gasteiger partial charge on any atom is 0.306 e. The number of aromatic nitrogens is 6. The molecule has 1 fully saturated rings. The first kappa shape index (κ1) is 23.8. The van der Waals surface area contributed by atoms with Gasteiger partial charge in [0.15, 0.2) is 5.82 Å². The lowest BCUT2D eigenvalue weighted by molar-refractivity contribution is -0.143. The van der Waals surface area contributed by atoms with Crippen molar-refractivity contribution in [1.82, 2.24) is 30.1 Å². The third-order valence-electron chi connectivity index (χ3n) is 6.27. The van der Waals surface area contributed by atoms with Gasteiger partial charge in [-0.15, -0.1) is 5.10 Å². The zero-order valence-corrected chi connectivity index (χ0v) is 20.2. The summed E-state index contributed by atoms with van der Waals surface area (Å²) in [5, 5.41) is 21.9. The molecule has 1 aliphatic rings. The Kier molecular flexibility index (Phi) is 7.23. The maximum atomic E-state index is 11.3. The van der Waals surface area contributed by atoms with Crippen molar-refractivity contribution in [3.05, 3.63) is 35.2 Å². The fourth-order valence-electron chi connectivity index (χ4n) is 4.26. The van der Waals surface area contributed by atoms with E-state index < -0.39 is 5.97 Å². The van der Waals surface area contributed by atoms with Gasteiger partial charge in [0.05, 0.1) is 35.5 Å². The van der Waals surface area contributed by atoms with Crippen molar-refractivity contribution in [3.63, 3.8) is 0 Å². The molecule has 182 valence electrons. The Morgan fingerprint density at radius 2 is 2.12 bits per heavy atom. The molecule has 1 saturated carbocycles. The predicted molar refractivity (Wildman–Crippen MR) is 123 cm³/mol. The second kappa shape index (κ2) is 10.3. The number of rotatable bonds is 9. The normalized spacial score (nSPS) is 18.4. The van der Waals surface area contributed by atoms with Crippen molar-refractivity contribution in [2.45, 2.75) is 71.8 Å². The second-order valence-electron chi connectivity index (χ2n) is 9.44. The van der Waals surface area contributed by atoms with Crippen LogP contribution < -0.4 is 4.74 Å². The zero-order chi connectivity index (χ0) is 24.2. The lowest BCUT2D eigenvalue weighted by atomic mass is 9.87. The Balaban J connectivity index is 1.48. The average molecular weight is 469 g/mol. The van der Waals surface area contributed by atoms with E-state index in [1.807, 2.05) is 26.1 Å². The molecule has 1 N–H and O–H groups in total. The molecule has 3 aromatic heterocycles. The van der Waals surface area contributed by atoms with Crippen molar-refractivity contribution >= 4 is 5.97 Å². The minimum Gasteiger partial charge on any atom is -0.489 e. The van der Waals surface area contributed by atoms with E-state index in [0.717, 1.165) is 37.1 Å². The average Bonchev–Trinajstić information content (AvgIpc) is 3.41. The fourth-order valence-corrected chi connectivity index (χ4v) is 4.26. The molecule has 0 bridgehead atoms. The molecule has 10 heteroatoms. The summed E-state index contributed by atoms with van der Waals surface area (Å²) in [5.41, 5.74) is 2.89. The van der Waals surface area contributed by atoms with E-state index >= 15 is 0 Å². The summed E-state index contributed by atoms with van der Waals surface area (Å²) in [5.74, 6) is 1.38. The molecule has 0 amide bonds. The first-order valence-electron chi connectivity index (χ1n) is 11.9. The summed E-state index contributed by atoms with van der Waals surface area (Å²) in [6, 6.07) is 3.73. The number of pyridine rings is 1. The molecule has 3 aromatic rings. The van der Waals surface area contributed by atoms with Crippen LogP contribution >= 0.6 is 0 Å². The smallest absolute Gasteiger partial charge is 0.306 e. The SMILES string of the molecule is Cc1nc(-c2nnn(C)c2Cc2nc(CCC(C)C)no2)ccc1OC1CCCC(C(=O)O)C1. The van der Waals surface area contributed by atoms with Crippen LogP contribution in [0.1, 0.15) is 69.1 Å². The summed E-state index contributed by atoms with van der Waals surface area (Å²) in [6.45, 7) is 6.22. The molecule has 0 saturated heterocycles. The molecular weight excluding hydrogens is 436 g/mol. The minimum absolute atomic E-state index is 0.115. The third-order valence-corrected chi connectivity index (χ3v) is 6.27. The minimum atomic E-state index is -0.748. The first-order chi connectivity index (χ1) is 16.3. The lowest BCUT2D eigenvalue weighted by Gasteiger charge is -2.27. The molecule has 3 heterocycles. The topological polar surface area (TPSA) is 129 Å². The molecule has 34 heavy (non-hydrogen) atoms. The number of nitrogens with zero attached hydrogens (tertiary/aromatic N) is 6. The number of hydrogen-bond acceptors (Lipinski definition) is 8. The fraction of sp³-hybridized carbons (Fsp3) is 0.583. The Hall–Kier alpha value is -3.30. The van der Waals surface area contributed by atoms with Gasteiger partial charge in [-0.05, 0) is 57.1 Å². The van der Waals surface area contributed by atoms with Gasteiger partial charge in [-0.1, -0.05) is 24.2 Å². The monoisotopic (exact) mass is 468 g/mol. The Labute approximate surface area is 198 Å². The summed E-state index contributed by atoms with van der Waals surface area (Å²) in [7, 11) is 1.83. The van der Waals surface area contributed by atoms with Crippen LogP contribution in [0.4, 0.5) is 0 Å². The van der Waals surface area contributed by atoms with Gasteiger partial charge >= 0.3 is 5.97 Å². The number of ether oxygens (including phenoxy) is 1. The molecule has 0 aromatic carbocycles. The van der Waals surface area contributed by atoms with Crippen molar-refractivity contribution in [2.75, 3.05) is 0 Å². The molecule has 0 aliphatic heterocycles. The highest BCUT2D eigenvalue weighted by Crippen LogP contribution is 2.30. The highest BCUT2D eigenvalue weighted by atomic mass is 16.5. The summed E-state index contributed by atoms with van der Waals surface area (Å²) >= 11 is 0. The quantitative estimate of drug-likeness (QED) is 0.499. The molecule has 0 radical (unpaired) electrons. The summed E-state index contributed by atoms with van der Waals surface area (Å²) in [4.78, 5) is 20.6. The van der Waals surface area contributed by atoms with Crippen molar-refractivity contribution < 1.29 is 19.2 Å². The van der Waals surface area contributed by atoms with E-state index in [-0.39, 0.29) is 12.0 Å². The molecule has 1 aliphatic carbocycles. The largest absolute Gasteiger partial charge is 0.489 e. The van der Waals surface area contributed by atoms with Gasteiger partial charge in [-0.2, -0.15) is 4.98 Å². The van der Waals surface area contributed by atoms with Crippen LogP contribution in [-0.4, -0.2) is 47.3 Å². The lowest BCUT2D eigenvalue weighted by Crippen LogP contribution is -2.29. The van der Waals surface area contributed by atoms with E-state index in [2.05, 4.69) is 34.3 Å². The highest BCUT2D eigenvalue weighted by Gasteiger charge is 2.28. The van der Waals surface area contributed by atoms with Crippen LogP contribution in [0.3, 0.4) is 0 Å². The Morgan fingerprint density at radius 1 is 1.29 bits per heavy atom. The van der Waals surface area contributed by atoms with Gasteiger partial charge < -0.3 is 14.4 Å². The van der Waals surface area contributed by atoms with E-state index in [4.69, 9.17) is 14.2 Å². The number of aliphatic carboxylic acids is 1. The highest BCUT2D eigenvalue weighted by molar-refractivity contribution is 5.70. The van der Waals surface area contributed by atoms with Crippen LogP contribution in [0.25, 0.3) is 11.4 Å². The predicted octanol–water partition coefficient (Wildman–Crippen LogP) is 3.77. The van der Waals surface area contributed by atoms with E-state index in [0.29, 0.717) is 54.0 Å². The second-order valence-corrected chi connectivity index (χ2v) is 9.44. The molecule has 2 unspecified atom stereocenters. The first-order valence-corrected chi connectivity index (χ1v) is 11.9. The summed E-state index contributed by atoms with van der Waals surface area (Å²) < 4.78 is 13.3. The molecule has 2 atom stereocenters. The van der Waals surface area contributed by atoms with Gasteiger partial charge in [0, 0.05) is 13.5 Å². The molecule has 4 rings (SSSR count). The number of carboxylic acid groups (broad SMARTS) is 1. The molecule has 10 nitrogen and oxygen atoms in total. The Morgan fingerprint density at radius 3 is 2.85 bits per heavy atom. The van der Waals surface area contributed by atoms with Crippen molar-refractivity contribution in [3.8, 4) is 17.1 Å². The van der Waals surface area contributed by atoms with Crippen LogP contribution in [0.15, 0.2) is 16.7 Å². The van der Waals surface area contributed by atoms with Gasteiger partial charge in [0.25, 0.3) is 0 Å². The van der Waals surface area contributed by atoms with E-state index in [9.17, 15) is 9.90 Å². The van der Waals surface area contributed by atoms with Crippen LogP contribution in [0, 0.1) is 18.8 Å². The number of carbonyl (C=O) groups is 1. The zero-order valence-electron chi connectivity index (χ0n) is 20.2. The molecule has 0 spiro atoms. The maximum absolute atomic E-state index is 11.3. The standard InChI is InChI=1S/C24H32N6O4/c1-14(2)8-11-21-26-22(34-28-21)13-19-23(27-29-30(19)4)18-9-10-20(15(3)25-18)33-17-7-5-6-16(12-17)24(31)32/h9-10,14,16-17H,5-8,11-13H2,1-4H3,(H,31,32). The number of hydrogen-bond donors (Lipinski definition) is 1. The van der Waals surface area contributed by atoms with Gasteiger partial charge in [0.2, 0.25) is 5.89 Å². The van der Waals surface area contributed by atoms with Crippen molar-refractivity contribution in [1.29, 1.82) is 0 Å². The van der Waals surface area contributed by atoms with Gasteiger partial charge in [-0.3, -0.25) is 9.48 Å². The van der Waals surface area contributed by atoms with E-state index in [1.165, 1.54) is 0 Å². The van der Waals surface area contributed by atoms with Crippen LogP contribution in [0.5, 0.6) is 5.75 Å². The van der Waals surface area contributed by atoms with Crippen LogP contribution in [0.2, 0.25) is 0 Å². The molecular formula is C24H32N6O4. The van der Waals surface area contributed by atoms with Crippen molar-refractivity contribution in [2.24, 2.45) is 18.9 Å². The summed E-state index contributed by atoms with van der Waals surface area (Å²) in [6.07, 6.45) is 5.02. The van der Waals surface area contributed by atoms with E-state index in [1.54, 1.807) is 4.68 Å². The van der Waals surface area contributed by atoms with Gasteiger partial charge in [0.1, 0.15) is 11.4 Å². The third kappa shape index (κ3) is 5.60. The number of carboxylic acids is 1. The van der Waals surface area contributed by atoms with Crippen LogP contribution in [-0.2, 0) is 24.7 Å².